The minimum atomic E-state index is -4.34. The van der Waals surface area contributed by atoms with E-state index in [4.69, 9.17) is 4.42 Å². The summed E-state index contributed by atoms with van der Waals surface area (Å²) in [5.74, 6) is 0.396. The number of alkyl halides is 3. The van der Waals surface area contributed by atoms with Crippen molar-refractivity contribution in [2.24, 2.45) is 0 Å². The van der Waals surface area contributed by atoms with E-state index in [0.29, 0.717) is 18.0 Å². The SMILES string of the molecule is Cc1ccccc1-c1ccc2c(ccn2Cc2coc(/C=C/c3ccc(C(F)(F)F)cc3)n2)c1. The Morgan fingerprint density at radius 3 is 2.50 bits per heavy atom. The Kier molecular flexibility index (Phi) is 5.57. The van der Waals surface area contributed by atoms with Crippen LogP contribution in [-0.2, 0) is 12.7 Å². The molecule has 0 aliphatic rings. The van der Waals surface area contributed by atoms with Crippen LogP contribution in [0, 0.1) is 6.92 Å². The molecule has 170 valence electrons. The predicted molar refractivity (Wildman–Crippen MR) is 128 cm³/mol. The number of oxazole rings is 1. The molecule has 5 rings (SSSR count). The number of hydrogen-bond acceptors (Lipinski definition) is 2. The van der Waals surface area contributed by atoms with E-state index in [2.05, 4.69) is 52.9 Å². The highest BCUT2D eigenvalue weighted by Crippen LogP contribution is 2.30. The van der Waals surface area contributed by atoms with Crippen LogP contribution in [0.3, 0.4) is 0 Å². The highest BCUT2D eigenvalue weighted by molar-refractivity contribution is 5.86. The third-order valence-electron chi connectivity index (χ3n) is 5.79. The third kappa shape index (κ3) is 4.53. The number of halogens is 3. The standard InChI is InChI=1S/C28H21F3N2O/c1-19-4-2-3-5-25(19)21-9-12-26-22(16-21)14-15-33(26)17-24-18-34-27(32-24)13-8-20-6-10-23(11-7-20)28(29,30)31/h2-16,18H,17H2,1H3/b13-8+. The highest BCUT2D eigenvalue weighted by Gasteiger charge is 2.29. The Morgan fingerprint density at radius 1 is 0.941 bits per heavy atom. The lowest BCUT2D eigenvalue weighted by molar-refractivity contribution is -0.137. The predicted octanol–water partition coefficient (Wildman–Crippen LogP) is 7.84. The lowest BCUT2D eigenvalue weighted by atomic mass is 10.00. The summed E-state index contributed by atoms with van der Waals surface area (Å²) < 4.78 is 45.7. The molecule has 0 aliphatic carbocycles. The van der Waals surface area contributed by atoms with E-state index in [0.717, 1.165) is 28.7 Å². The third-order valence-corrected chi connectivity index (χ3v) is 5.79. The van der Waals surface area contributed by atoms with Crippen LogP contribution in [-0.4, -0.2) is 9.55 Å². The van der Waals surface area contributed by atoms with Gasteiger partial charge in [0.05, 0.1) is 17.8 Å². The van der Waals surface area contributed by atoms with Crippen LogP contribution in [0.15, 0.2) is 89.7 Å². The summed E-state index contributed by atoms with van der Waals surface area (Å²) in [6.07, 6.45) is 2.60. The number of benzene rings is 3. The lowest BCUT2D eigenvalue weighted by Crippen LogP contribution is -2.03. The van der Waals surface area contributed by atoms with Gasteiger partial charge in [-0.3, -0.25) is 0 Å². The zero-order valence-electron chi connectivity index (χ0n) is 18.4. The van der Waals surface area contributed by atoms with Crippen molar-refractivity contribution < 1.29 is 17.6 Å². The molecule has 0 fully saturated rings. The molecule has 3 aromatic carbocycles. The number of hydrogen-bond donors (Lipinski definition) is 0. The van der Waals surface area contributed by atoms with Gasteiger partial charge in [0.15, 0.2) is 0 Å². The summed E-state index contributed by atoms with van der Waals surface area (Å²) in [6.45, 7) is 2.66. The molecule has 6 heteroatoms. The second-order valence-electron chi connectivity index (χ2n) is 8.16. The molecule has 0 radical (unpaired) electrons. The lowest BCUT2D eigenvalue weighted by Gasteiger charge is -2.07. The molecule has 0 saturated carbocycles. The summed E-state index contributed by atoms with van der Waals surface area (Å²) >= 11 is 0. The zero-order valence-corrected chi connectivity index (χ0v) is 18.4. The number of rotatable bonds is 5. The molecule has 0 saturated heterocycles. The van der Waals surface area contributed by atoms with Crippen LogP contribution < -0.4 is 0 Å². The first-order valence-corrected chi connectivity index (χ1v) is 10.8. The van der Waals surface area contributed by atoms with Crippen molar-refractivity contribution in [3.63, 3.8) is 0 Å². The van der Waals surface area contributed by atoms with Crippen molar-refractivity contribution in [2.45, 2.75) is 19.6 Å². The summed E-state index contributed by atoms with van der Waals surface area (Å²) in [5, 5.41) is 1.15. The van der Waals surface area contributed by atoms with Gasteiger partial charge in [-0.2, -0.15) is 13.2 Å². The molecule has 5 aromatic rings. The van der Waals surface area contributed by atoms with Crippen molar-refractivity contribution >= 4 is 23.1 Å². The number of aromatic nitrogens is 2. The summed E-state index contributed by atoms with van der Waals surface area (Å²) in [7, 11) is 0. The van der Waals surface area contributed by atoms with Gasteiger partial charge in [-0.05, 0) is 65.6 Å². The van der Waals surface area contributed by atoms with Gasteiger partial charge in [-0.1, -0.05) is 42.5 Å². The van der Waals surface area contributed by atoms with Gasteiger partial charge in [-0.15, -0.1) is 0 Å². The molecule has 2 aromatic heterocycles. The van der Waals surface area contributed by atoms with Crippen LogP contribution in [0.4, 0.5) is 13.2 Å². The summed E-state index contributed by atoms with van der Waals surface area (Å²) in [4.78, 5) is 4.49. The maximum absolute atomic E-state index is 12.7. The van der Waals surface area contributed by atoms with Crippen molar-refractivity contribution in [3.05, 3.63) is 114 Å². The molecular weight excluding hydrogens is 437 g/mol. The van der Waals surface area contributed by atoms with E-state index in [9.17, 15) is 13.2 Å². The fourth-order valence-electron chi connectivity index (χ4n) is 4.00. The minimum Gasteiger partial charge on any atom is -0.445 e. The molecule has 2 heterocycles. The topological polar surface area (TPSA) is 31.0 Å². The highest BCUT2D eigenvalue weighted by atomic mass is 19.4. The van der Waals surface area contributed by atoms with Crippen LogP contribution in [0.5, 0.6) is 0 Å². The number of nitrogens with zero attached hydrogens (tertiary/aromatic N) is 2. The Morgan fingerprint density at radius 2 is 1.74 bits per heavy atom. The van der Waals surface area contributed by atoms with E-state index >= 15 is 0 Å². The van der Waals surface area contributed by atoms with Crippen molar-refractivity contribution in [1.82, 2.24) is 9.55 Å². The molecule has 0 amide bonds. The smallest absolute Gasteiger partial charge is 0.416 e. The number of aryl methyl sites for hydroxylation is 1. The molecule has 0 spiro atoms. The van der Waals surface area contributed by atoms with E-state index < -0.39 is 11.7 Å². The zero-order chi connectivity index (χ0) is 23.7. The molecule has 0 N–H and O–H groups in total. The molecule has 0 aliphatic heterocycles. The summed E-state index contributed by atoms with van der Waals surface area (Å²) in [5.41, 5.74) is 5.45. The van der Waals surface area contributed by atoms with Gasteiger partial charge in [0.25, 0.3) is 0 Å². The average molecular weight is 458 g/mol. The van der Waals surface area contributed by atoms with E-state index in [-0.39, 0.29) is 0 Å². The largest absolute Gasteiger partial charge is 0.445 e. The minimum absolute atomic E-state index is 0.396. The second-order valence-corrected chi connectivity index (χ2v) is 8.16. The summed E-state index contributed by atoms with van der Waals surface area (Å²) in [6, 6.07) is 21.8. The second kappa shape index (κ2) is 8.71. The maximum Gasteiger partial charge on any atom is 0.416 e. The normalized spacial score (nSPS) is 12.1. The quantitative estimate of drug-likeness (QED) is 0.269. The first kappa shape index (κ1) is 21.8. The van der Waals surface area contributed by atoms with Crippen LogP contribution in [0.1, 0.15) is 28.3 Å². The first-order chi connectivity index (χ1) is 16.4. The fourth-order valence-corrected chi connectivity index (χ4v) is 4.00. The van der Waals surface area contributed by atoms with E-state index in [1.165, 1.54) is 28.8 Å². The Bertz CT molecular complexity index is 1470. The molecular formula is C28H21F3N2O. The van der Waals surface area contributed by atoms with Crippen molar-refractivity contribution in [1.29, 1.82) is 0 Å². The molecule has 0 bridgehead atoms. The van der Waals surface area contributed by atoms with Gasteiger partial charge in [0, 0.05) is 23.2 Å². The Labute approximate surface area is 194 Å². The fraction of sp³-hybridized carbons (Fsp3) is 0.107. The average Bonchev–Trinajstić information content (AvgIpc) is 3.44. The Balaban J connectivity index is 1.31. The van der Waals surface area contributed by atoms with Gasteiger partial charge in [0.1, 0.15) is 6.26 Å². The van der Waals surface area contributed by atoms with Gasteiger partial charge in [0.2, 0.25) is 5.89 Å². The molecule has 0 atom stereocenters. The number of fused-ring (bicyclic) bond motifs is 1. The van der Waals surface area contributed by atoms with Crippen LogP contribution in [0.2, 0.25) is 0 Å². The van der Waals surface area contributed by atoms with Gasteiger partial charge < -0.3 is 8.98 Å². The van der Waals surface area contributed by atoms with Crippen molar-refractivity contribution in [2.75, 3.05) is 0 Å². The Hall–Kier alpha value is -4.06. The van der Waals surface area contributed by atoms with E-state index in [1.807, 2.05) is 18.3 Å². The van der Waals surface area contributed by atoms with Gasteiger partial charge in [-0.25, -0.2) is 4.98 Å². The van der Waals surface area contributed by atoms with Crippen molar-refractivity contribution in [3.8, 4) is 11.1 Å². The first-order valence-electron chi connectivity index (χ1n) is 10.8. The monoisotopic (exact) mass is 458 g/mol. The van der Waals surface area contributed by atoms with Gasteiger partial charge >= 0.3 is 6.18 Å². The molecule has 0 unspecified atom stereocenters. The van der Waals surface area contributed by atoms with Crippen LogP contribution >= 0.6 is 0 Å². The molecule has 34 heavy (non-hydrogen) atoms. The molecule has 3 nitrogen and oxygen atoms in total. The maximum atomic E-state index is 12.7. The van der Waals surface area contributed by atoms with Crippen LogP contribution in [0.25, 0.3) is 34.2 Å². The van der Waals surface area contributed by atoms with E-state index in [1.54, 1.807) is 18.4 Å².